The van der Waals surface area contributed by atoms with Crippen LogP contribution in [0.25, 0.3) is 22.3 Å². The number of amides is 2. The standard InChI is InChI=1S/C34H38N6O5/c1-39(20-21-5-4-6-23(17-21)35-27-11-12-30(41)37-33(27)42)24-13-15-40(16-14-24)25-9-7-22(8-10-25)32-36-28-18-26(44-2)19-29(45-3)31(28)34(43)38-32/h4-10,17-19,24,27,35H,11-16,20H2,1-3H3,(H,36,38,43)(H,37,41,42). The molecule has 2 saturated heterocycles. The number of imide groups is 1. The molecule has 1 atom stereocenters. The van der Waals surface area contributed by atoms with Crippen molar-refractivity contribution in [1.82, 2.24) is 20.2 Å². The van der Waals surface area contributed by atoms with E-state index in [0.717, 1.165) is 49.4 Å². The molecule has 45 heavy (non-hydrogen) atoms. The van der Waals surface area contributed by atoms with Crippen LogP contribution in [0.5, 0.6) is 11.5 Å². The van der Waals surface area contributed by atoms with E-state index in [1.807, 2.05) is 24.3 Å². The summed E-state index contributed by atoms with van der Waals surface area (Å²) in [5.41, 5.74) is 4.27. The number of rotatable bonds is 9. The van der Waals surface area contributed by atoms with Gasteiger partial charge in [-0.3, -0.25) is 24.6 Å². The van der Waals surface area contributed by atoms with Gasteiger partial charge in [0.1, 0.15) is 28.8 Å². The molecule has 0 radical (unpaired) electrons. The quantitative estimate of drug-likeness (QED) is 0.242. The first kappa shape index (κ1) is 30.1. The van der Waals surface area contributed by atoms with Gasteiger partial charge < -0.3 is 24.7 Å². The number of benzene rings is 3. The smallest absolute Gasteiger partial charge is 0.262 e. The second kappa shape index (κ2) is 13.0. The van der Waals surface area contributed by atoms with Gasteiger partial charge in [-0.15, -0.1) is 0 Å². The molecule has 11 nitrogen and oxygen atoms in total. The molecule has 6 rings (SSSR count). The molecule has 0 saturated carbocycles. The summed E-state index contributed by atoms with van der Waals surface area (Å²) in [7, 11) is 5.25. The van der Waals surface area contributed by atoms with E-state index >= 15 is 0 Å². The fourth-order valence-corrected chi connectivity index (χ4v) is 6.23. The maximum absolute atomic E-state index is 12.9. The van der Waals surface area contributed by atoms with Gasteiger partial charge in [-0.1, -0.05) is 12.1 Å². The predicted molar refractivity (Wildman–Crippen MR) is 174 cm³/mol. The average molecular weight is 611 g/mol. The summed E-state index contributed by atoms with van der Waals surface area (Å²) in [5, 5.41) is 6.08. The summed E-state index contributed by atoms with van der Waals surface area (Å²) in [6.07, 6.45) is 2.93. The predicted octanol–water partition coefficient (Wildman–Crippen LogP) is 3.93. The van der Waals surface area contributed by atoms with Crippen LogP contribution in [-0.4, -0.2) is 73.1 Å². The number of hydrogen-bond acceptors (Lipinski definition) is 9. The summed E-state index contributed by atoms with van der Waals surface area (Å²) in [6.45, 7) is 2.69. The molecule has 2 amide bonds. The Morgan fingerprint density at radius 1 is 0.978 bits per heavy atom. The van der Waals surface area contributed by atoms with Crippen molar-refractivity contribution in [2.24, 2.45) is 0 Å². The number of carbonyl (C=O) groups is 2. The Balaban J connectivity index is 1.06. The lowest BCUT2D eigenvalue weighted by Gasteiger charge is -2.38. The maximum atomic E-state index is 12.9. The minimum atomic E-state index is -0.395. The third-order valence-corrected chi connectivity index (χ3v) is 8.73. The highest BCUT2D eigenvalue weighted by Crippen LogP contribution is 2.30. The zero-order valence-corrected chi connectivity index (χ0v) is 25.8. The van der Waals surface area contributed by atoms with Crippen LogP contribution in [0.1, 0.15) is 31.2 Å². The number of nitrogens with zero attached hydrogens (tertiary/aromatic N) is 3. The third kappa shape index (κ3) is 6.63. The molecule has 1 aromatic heterocycles. The highest BCUT2D eigenvalue weighted by molar-refractivity contribution is 6.01. The zero-order chi connectivity index (χ0) is 31.5. The van der Waals surface area contributed by atoms with Gasteiger partial charge in [0.25, 0.3) is 5.56 Å². The molecule has 2 aliphatic rings. The van der Waals surface area contributed by atoms with Crippen molar-refractivity contribution in [3.8, 4) is 22.9 Å². The van der Waals surface area contributed by atoms with Crippen molar-refractivity contribution in [3.63, 3.8) is 0 Å². The van der Waals surface area contributed by atoms with Crippen molar-refractivity contribution in [2.45, 2.75) is 44.3 Å². The Morgan fingerprint density at radius 3 is 2.47 bits per heavy atom. The number of ether oxygens (including phenoxy) is 2. The van der Waals surface area contributed by atoms with E-state index < -0.39 is 6.04 Å². The van der Waals surface area contributed by atoms with E-state index in [2.05, 4.69) is 56.7 Å². The molecule has 3 heterocycles. The molecule has 3 N–H and O–H groups in total. The fraction of sp³-hybridized carbons (Fsp3) is 0.353. The Hall–Kier alpha value is -4.90. The van der Waals surface area contributed by atoms with E-state index in [-0.39, 0.29) is 17.4 Å². The van der Waals surface area contributed by atoms with Crippen LogP contribution >= 0.6 is 0 Å². The molecular weight excluding hydrogens is 572 g/mol. The van der Waals surface area contributed by atoms with Crippen molar-refractivity contribution in [3.05, 3.63) is 76.6 Å². The molecule has 0 aliphatic carbocycles. The Kier molecular flexibility index (Phi) is 8.70. The SMILES string of the molecule is COc1cc(OC)c2c(=O)[nH]c(-c3ccc(N4CCC(N(C)Cc5cccc(NC6CCC(=O)NC6=O)c5)CC4)cc3)nc2c1. The summed E-state index contributed by atoms with van der Waals surface area (Å²) >= 11 is 0. The third-order valence-electron chi connectivity index (χ3n) is 8.73. The number of hydrogen-bond donors (Lipinski definition) is 3. The van der Waals surface area contributed by atoms with Crippen molar-refractivity contribution >= 4 is 34.1 Å². The van der Waals surface area contributed by atoms with Crippen LogP contribution in [0.15, 0.2) is 65.5 Å². The van der Waals surface area contributed by atoms with Gasteiger partial charge in [-0.2, -0.15) is 0 Å². The Labute approximate surface area is 261 Å². The van der Waals surface area contributed by atoms with Crippen LogP contribution in [0.2, 0.25) is 0 Å². The van der Waals surface area contributed by atoms with Crippen molar-refractivity contribution in [1.29, 1.82) is 0 Å². The number of carbonyl (C=O) groups excluding carboxylic acids is 2. The first-order chi connectivity index (χ1) is 21.8. The van der Waals surface area contributed by atoms with Crippen LogP contribution in [-0.2, 0) is 16.1 Å². The summed E-state index contributed by atoms with van der Waals surface area (Å²) < 4.78 is 10.8. The first-order valence-corrected chi connectivity index (χ1v) is 15.2. The molecule has 0 bridgehead atoms. The van der Waals surface area contributed by atoms with Gasteiger partial charge in [0, 0.05) is 61.2 Å². The summed E-state index contributed by atoms with van der Waals surface area (Å²) in [6, 6.07) is 19.8. The lowest BCUT2D eigenvalue weighted by Crippen LogP contribution is -2.47. The first-order valence-electron chi connectivity index (χ1n) is 15.2. The van der Waals surface area contributed by atoms with E-state index in [1.54, 1.807) is 19.2 Å². The van der Waals surface area contributed by atoms with Gasteiger partial charge in [0.2, 0.25) is 11.8 Å². The molecular formula is C34H38N6O5. The molecule has 4 aromatic rings. The highest BCUT2D eigenvalue weighted by atomic mass is 16.5. The van der Waals surface area contributed by atoms with E-state index in [9.17, 15) is 14.4 Å². The molecule has 2 fully saturated rings. The second-order valence-corrected chi connectivity index (χ2v) is 11.7. The van der Waals surface area contributed by atoms with Crippen LogP contribution in [0, 0.1) is 0 Å². The van der Waals surface area contributed by atoms with Crippen LogP contribution in [0.4, 0.5) is 11.4 Å². The number of H-pyrrole nitrogens is 1. The van der Waals surface area contributed by atoms with Gasteiger partial charge in [0.15, 0.2) is 0 Å². The van der Waals surface area contributed by atoms with Gasteiger partial charge >= 0.3 is 0 Å². The number of piperidine rings is 2. The van der Waals surface area contributed by atoms with E-state index in [1.165, 1.54) is 12.7 Å². The van der Waals surface area contributed by atoms with Crippen LogP contribution < -0.4 is 30.6 Å². The summed E-state index contributed by atoms with van der Waals surface area (Å²) in [4.78, 5) is 48.9. The normalized spacial score (nSPS) is 17.4. The Morgan fingerprint density at radius 2 is 1.76 bits per heavy atom. The minimum absolute atomic E-state index is 0.212. The maximum Gasteiger partial charge on any atom is 0.262 e. The number of fused-ring (bicyclic) bond motifs is 1. The molecule has 234 valence electrons. The highest BCUT2D eigenvalue weighted by Gasteiger charge is 2.27. The number of methoxy groups -OCH3 is 2. The number of anilines is 2. The monoisotopic (exact) mass is 610 g/mol. The largest absolute Gasteiger partial charge is 0.497 e. The second-order valence-electron chi connectivity index (χ2n) is 11.7. The average Bonchev–Trinajstić information content (AvgIpc) is 3.05. The molecule has 0 spiro atoms. The molecule has 2 aliphatic heterocycles. The van der Waals surface area contributed by atoms with Crippen molar-refractivity contribution in [2.75, 3.05) is 44.6 Å². The molecule has 3 aromatic carbocycles. The van der Waals surface area contributed by atoms with Gasteiger partial charge in [-0.25, -0.2) is 4.98 Å². The van der Waals surface area contributed by atoms with Gasteiger partial charge in [0.05, 0.1) is 19.7 Å². The summed E-state index contributed by atoms with van der Waals surface area (Å²) in [5.74, 6) is 1.01. The number of aromatic nitrogens is 2. The Bertz CT molecular complexity index is 1760. The van der Waals surface area contributed by atoms with Crippen LogP contribution in [0.3, 0.4) is 0 Å². The minimum Gasteiger partial charge on any atom is -0.497 e. The van der Waals surface area contributed by atoms with E-state index in [0.29, 0.717) is 47.1 Å². The van der Waals surface area contributed by atoms with E-state index in [4.69, 9.17) is 14.5 Å². The zero-order valence-electron chi connectivity index (χ0n) is 25.8. The number of nitrogens with one attached hydrogen (secondary N) is 3. The molecule has 1 unspecified atom stereocenters. The van der Waals surface area contributed by atoms with Crippen molar-refractivity contribution < 1.29 is 19.1 Å². The lowest BCUT2D eigenvalue weighted by atomic mass is 10.0. The molecule has 11 heteroatoms. The number of aromatic amines is 1. The lowest BCUT2D eigenvalue weighted by molar-refractivity contribution is -0.133. The fourth-order valence-electron chi connectivity index (χ4n) is 6.23. The van der Waals surface area contributed by atoms with Gasteiger partial charge in [-0.05, 0) is 68.3 Å². The topological polar surface area (TPSA) is 129 Å².